The molecule has 0 aromatic rings. The molecule has 2 heteroatoms. The van der Waals surface area contributed by atoms with Crippen LogP contribution in [-0.2, 0) is 4.79 Å². The molecule has 1 aliphatic rings. The Morgan fingerprint density at radius 3 is 2.46 bits per heavy atom. The molecule has 0 saturated carbocycles. The summed E-state index contributed by atoms with van der Waals surface area (Å²) in [5.41, 5.74) is 0. The Labute approximate surface area is 81.3 Å². The monoisotopic (exact) mass is 183 g/mol. The summed E-state index contributed by atoms with van der Waals surface area (Å²) in [6.07, 6.45) is 5.56. The van der Waals surface area contributed by atoms with Crippen molar-refractivity contribution >= 4 is 5.91 Å². The fraction of sp³-hybridized carbons (Fsp3) is 0.909. The van der Waals surface area contributed by atoms with Crippen LogP contribution in [0.15, 0.2) is 0 Å². The lowest BCUT2D eigenvalue weighted by atomic mass is 10.0. The minimum absolute atomic E-state index is 0.369. The van der Waals surface area contributed by atoms with E-state index in [0.717, 1.165) is 25.9 Å². The van der Waals surface area contributed by atoms with E-state index in [0.29, 0.717) is 11.8 Å². The first-order valence-corrected chi connectivity index (χ1v) is 5.51. The van der Waals surface area contributed by atoms with Gasteiger partial charge in [-0.25, -0.2) is 0 Å². The molecule has 0 aromatic carbocycles. The van der Waals surface area contributed by atoms with Gasteiger partial charge >= 0.3 is 0 Å². The molecule has 1 heterocycles. The molecule has 0 bridgehead atoms. The summed E-state index contributed by atoms with van der Waals surface area (Å²) in [7, 11) is 0. The lowest BCUT2D eigenvalue weighted by Crippen LogP contribution is -2.36. The highest BCUT2D eigenvalue weighted by molar-refractivity contribution is 5.76. The van der Waals surface area contributed by atoms with Crippen LogP contribution in [-0.4, -0.2) is 23.9 Å². The molecule has 0 radical (unpaired) electrons. The summed E-state index contributed by atoms with van der Waals surface area (Å²) in [4.78, 5) is 13.7. The van der Waals surface area contributed by atoms with Gasteiger partial charge in [-0.15, -0.1) is 0 Å². The number of piperidine rings is 1. The molecule has 0 aliphatic carbocycles. The van der Waals surface area contributed by atoms with Crippen molar-refractivity contribution < 1.29 is 4.79 Å². The van der Waals surface area contributed by atoms with Crippen molar-refractivity contribution in [1.82, 2.24) is 4.90 Å². The van der Waals surface area contributed by atoms with Gasteiger partial charge in [0.2, 0.25) is 5.91 Å². The molecule has 0 spiro atoms. The summed E-state index contributed by atoms with van der Waals surface area (Å²) in [5.74, 6) is 0.920. The van der Waals surface area contributed by atoms with Crippen molar-refractivity contribution in [3.05, 3.63) is 0 Å². The van der Waals surface area contributed by atoms with Crippen molar-refractivity contribution in [2.24, 2.45) is 5.92 Å². The zero-order valence-electron chi connectivity index (χ0n) is 8.88. The maximum atomic E-state index is 11.7. The van der Waals surface area contributed by atoms with Crippen LogP contribution in [0.5, 0.6) is 0 Å². The van der Waals surface area contributed by atoms with Crippen molar-refractivity contribution in [1.29, 1.82) is 0 Å². The molecular formula is C11H21NO. The first-order chi connectivity index (χ1) is 6.24. The second-order valence-electron chi connectivity index (χ2n) is 4.16. The lowest BCUT2D eigenvalue weighted by molar-refractivity contribution is -0.133. The second-order valence-corrected chi connectivity index (χ2v) is 4.16. The van der Waals surface area contributed by atoms with Crippen LogP contribution in [0.3, 0.4) is 0 Å². The highest BCUT2D eigenvalue weighted by Crippen LogP contribution is 2.13. The summed E-state index contributed by atoms with van der Waals surface area (Å²) in [5, 5.41) is 0. The third-order valence-electron chi connectivity index (χ3n) is 2.93. The maximum absolute atomic E-state index is 11.7. The van der Waals surface area contributed by atoms with E-state index in [-0.39, 0.29) is 0 Å². The van der Waals surface area contributed by atoms with E-state index in [1.54, 1.807) is 0 Å². The van der Waals surface area contributed by atoms with E-state index in [2.05, 4.69) is 13.8 Å². The lowest BCUT2D eigenvalue weighted by Gasteiger charge is -2.27. The summed E-state index contributed by atoms with van der Waals surface area (Å²) >= 11 is 0. The van der Waals surface area contributed by atoms with Gasteiger partial charge in [0.1, 0.15) is 0 Å². The van der Waals surface area contributed by atoms with Gasteiger partial charge in [-0.1, -0.05) is 20.3 Å². The minimum atomic E-state index is 0.369. The Balaban J connectivity index is 2.29. The number of rotatable bonds is 3. The topological polar surface area (TPSA) is 20.3 Å². The fourth-order valence-electron chi connectivity index (χ4n) is 1.71. The van der Waals surface area contributed by atoms with Crippen molar-refractivity contribution in [2.75, 3.05) is 13.1 Å². The van der Waals surface area contributed by atoms with Gasteiger partial charge in [0.25, 0.3) is 0 Å². The Morgan fingerprint density at radius 2 is 1.92 bits per heavy atom. The number of hydrogen-bond donors (Lipinski definition) is 0. The number of carbonyl (C=O) groups is 1. The van der Waals surface area contributed by atoms with Crippen LogP contribution in [0.4, 0.5) is 0 Å². The van der Waals surface area contributed by atoms with Crippen LogP contribution in [0.1, 0.15) is 46.0 Å². The second kappa shape index (κ2) is 5.25. The number of likely N-dealkylation sites (tertiary alicyclic amines) is 1. The van der Waals surface area contributed by atoms with Crippen LogP contribution in [0, 0.1) is 5.92 Å². The van der Waals surface area contributed by atoms with Gasteiger partial charge in [-0.2, -0.15) is 0 Å². The van der Waals surface area contributed by atoms with Crippen molar-refractivity contribution in [2.45, 2.75) is 46.0 Å². The standard InChI is InChI=1S/C11H21NO/c1-3-10(2)9-11(13)12-7-5-4-6-8-12/h10H,3-9H2,1-2H3. The van der Waals surface area contributed by atoms with Gasteiger partial charge in [0.05, 0.1) is 0 Å². The molecule has 1 aliphatic heterocycles. The molecule has 1 fully saturated rings. The zero-order chi connectivity index (χ0) is 9.68. The average molecular weight is 183 g/mol. The van der Waals surface area contributed by atoms with E-state index in [4.69, 9.17) is 0 Å². The largest absolute Gasteiger partial charge is 0.343 e. The third-order valence-corrected chi connectivity index (χ3v) is 2.93. The van der Waals surface area contributed by atoms with E-state index in [9.17, 15) is 4.79 Å². The molecule has 1 atom stereocenters. The van der Waals surface area contributed by atoms with E-state index >= 15 is 0 Å². The van der Waals surface area contributed by atoms with Crippen LogP contribution in [0.25, 0.3) is 0 Å². The SMILES string of the molecule is CCC(C)CC(=O)N1CCCCC1. The summed E-state index contributed by atoms with van der Waals surface area (Å²) in [6.45, 7) is 6.29. The molecular weight excluding hydrogens is 162 g/mol. The fourth-order valence-corrected chi connectivity index (χ4v) is 1.71. The molecule has 1 rings (SSSR count). The van der Waals surface area contributed by atoms with Crippen LogP contribution in [0.2, 0.25) is 0 Å². The maximum Gasteiger partial charge on any atom is 0.222 e. The van der Waals surface area contributed by atoms with Gasteiger partial charge in [-0.3, -0.25) is 4.79 Å². The molecule has 1 unspecified atom stereocenters. The molecule has 1 amide bonds. The van der Waals surface area contributed by atoms with Gasteiger partial charge < -0.3 is 4.90 Å². The minimum Gasteiger partial charge on any atom is -0.343 e. The molecule has 2 nitrogen and oxygen atoms in total. The van der Waals surface area contributed by atoms with Crippen LogP contribution < -0.4 is 0 Å². The predicted molar refractivity (Wildman–Crippen MR) is 54.5 cm³/mol. The molecule has 1 saturated heterocycles. The Kier molecular flexibility index (Phi) is 4.26. The zero-order valence-corrected chi connectivity index (χ0v) is 8.88. The quantitative estimate of drug-likeness (QED) is 0.658. The highest BCUT2D eigenvalue weighted by atomic mass is 16.2. The van der Waals surface area contributed by atoms with Gasteiger partial charge in [0.15, 0.2) is 0 Å². The predicted octanol–water partition coefficient (Wildman–Crippen LogP) is 2.44. The molecule has 13 heavy (non-hydrogen) atoms. The number of hydrogen-bond acceptors (Lipinski definition) is 1. The van der Waals surface area contributed by atoms with Crippen LogP contribution >= 0.6 is 0 Å². The van der Waals surface area contributed by atoms with Crippen molar-refractivity contribution in [3.63, 3.8) is 0 Å². The van der Waals surface area contributed by atoms with E-state index < -0.39 is 0 Å². The normalized spacial score (nSPS) is 20.0. The van der Waals surface area contributed by atoms with Gasteiger partial charge in [-0.05, 0) is 25.2 Å². The molecule has 0 N–H and O–H groups in total. The Morgan fingerprint density at radius 1 is 1.31 bits per heavy atom. The summed E-state index contributed by atoms with van der Waals surface area (Å²) < 4.78 is 0. The average Bonchev–Trinajstić information content (AvgIpc) is 2.19. The molecule has 76 valence electrons. The van der Waals surface area contributed by atoms with E-state index in [1.807, 2.05) is 4.90 Å². The van der Waals surface area contributed by atoms with E-state index in [1.165, 1.54) is 19.3 Å². The van der Waals surface area contributed by atoms with Gasteiger partial charge in [0, 0.05) is 19.5 Å². The smallest absolute Gasteiger partial charge is 0.222 e. The Hall–Kier alpha value is -0.530. The first kappa shape index (κ1) is 10.6. The number of nitrogens with zero attached hydrogens (tertiary/aromatic N) is 1. The number of amides is 1. The highest BCUT2D eigenvalue weighted by Gasteiger charge is 2.17. The summed E-state index contributed by atoms with van der Waals surface area (Å²) in [6, 6.07) is 0. The third kappa shape index (κ3) is 3.37. The van der Waals surface area contributed by atoms with Crippen molar-refractivity contribution in [3.8, 4) is 0 Å². The molecule has 0 aromatic heterocycles. The number of carbonyl (C=O) groups excluding carboxylic acids is 1. The first-order valence-electron chi connectivity index (χ1n) is 5.51. The Bertz CT molecular complexity index is 161.